The van der Waals surface area contributed by atoms with Crippen LogP contribution in [0, 0.1) is 0 Å². The molecule has 134 valence electrons. The monoisotopic (exact) mass is 355 g/mol. The summed E-state index contributed by atoms with van der Waals surface area (Å²) in [7, 11) is -1.85. The average Bonchev–Trinajstić information content (AvgIpc) is 2.56. The molecule has 8 heteroatoms. The Morgan fingerprint density at radius 2 is 1.96 bits per heavy atom. The van der Waals surface area contributed by atoms with Gasteiger partial charge in [0.25, 0.3) is 0 Å². The van der Waals surface area contributed by atoms with Crippen LogP contribution in [0.5, 0.6) is 0 Å². The quantitative estimate of drug-likeness (QED) is 0.721. The number of carbonyl (C=O) groups excluding carboxylic acids is 1. The van der Waals surface area contributed by atoms with Crippen LogP contribution in [0.2, 0.25) is 0 Å². The molecule has 1 aliphatic rings. The maximum atomic E-state index is 12.5. The van der Waals surface area contributed by atoms with Crippen LogP contribution in [-0.4, -0.2) is 57.5 Å². The van der Waals surface area contributed by atoms with E-state index in [1.165, 1.54) is 11.4 Å². The highest BCUT2D eigenvalue weighted by atomic mass is 32.2. The van der Waals surface area contributed by atoms with E-state index in [0.717, 1.165) is 5.56 Å². The first-order chi connectivity index (χ1) is 11.4. The highest BCUT2D eigenvalue weighted by molar-refractivity contribution is 7.88. The molecule has 1 aliphatic heterocycles. The van der Waals surface area contributed by atoms with Gasteiger partial charge in [-0.1, -0.05) is 30.3 Å². The third kappa shape index (κ3) is 5.27. The van der Waals surface area contributed by atoms with Crippen LogP contribution in [0.4, 0.5) is 0 Å². The Balaban J connectivity index is 1.84. The summed E-state index contributed by atoms with van der Waals surface area (Å²) in [6.45, 7) is 0.968. The van der Waals surface area contributed by atoms with Crippen LogP contribution in [0.15, 0.2) is 30.3 Å². The van der Waals surface area contributed by atoms with E-state index >= 15 is 0 Å². The number of piperidine rings is 1. The van der Waals surface area contributed by atoms with Gasteiger partial charge >= 0.3 is 0 Å². The van der Waals surface area contributed by atoms with Crippen molar-refractivity contribution in [1.82, 2.24) is 9.62 Å². The molecule has 24 heavy (non-hydrogen) atoms. The molecule has 1 aromatic carbocycles. The fraction of sp³-hybridized carbons (Fsp3) is 0.562. The van der Waals surface area contributed by atoms with Crippen molar-refractivity contribution in [2.24, 2.45) is 5.73 Å². The minimum absolute atomic E-state index is 0.00355. The van der Waals surface area contributed by atoms with Crippen molar-refractivity contribution in [2.75, 3.05) is 26.8 Å². The van der Waals surface area contributed by atoms with Crippen molar-refractivity contribution >= 4 is 15.9 Å². The minimum Gasteiger partial charge on any atom is -0.383 e. The van der Waals surface area contributed by atoms with Gasteiger partial charge in [-0.15, -0.1) is 0 Å². The second kappa shape index (κ2) is 8.57. The minimum atomic E-state index is -3.34. The van der Waals surface area contributed by atoms with E-state index in [0.29, 0.717) is 25.9 Å². The fourth-order valence-electron chi connectivity index (χ4n) is 2.72. The molecular formula is C16H25N3O4S. The van der Waals surface area contributed by atoms with Crippen LogP contribution in [0.1, 0.15) is 18.4 Å². The molecule has 3 N–H and O–H groups in total. The topological polar surface area (TPSA) is 102 Å². The smallest absolute Gasteiger partial charge is 0.239 e. The second-order valence-electron chi connectivity index (χ2n) is 5.99. The molecule has 7 nitrogen and oxygen atoms in total. The number of nitrogens with zero attached hydrogens (tertiary/aromatic N) is 1. The number of hydrogen-bond acceptors (Lipinski definition) is 5. The number of hydrogen-bond donors (Lipinski definition) is 2. The Morgan fingerprint density at radius 1 is 1.33 bits per heavy atom. The summed E-state index contributed by atoms with van der Waals surface area (Å²) in [5, 5.41) is 2.86. The van der Waals surface area contributed by atoms with E-state index in [2.05, 4.69) is 5.32 Å². The van der Waals surface area contributed by atoms with Crippen molar-refractivity contribution in [1.29, 1.82) is 0 Å². The van der Waals surface area contributed by atoms with Gasteiger partial charge in [-0.05, 0) is 18.4 Å². The molecule has 0 radical (unpaired) electrons. The molecule has 1 fully saturated rings. The van der Waals surface area contributed by atoms with Crippen molar-refractivity contribution < 1.29 is 17.9 Å². The number of amides is 1. The van der Waals surface area contributed by atoms with Crippen molar-refractivity contribution in [3.8, 4) is 0 Å². The first-order valence-electron chi connectivity index (χ1n) is 7.99. The number of ether oxygens (including phenoxy) is 1. The number of methoxy groups -OCH3 is 1. The Hall–Kier alpha value is -1.48. The number of nitrogens with two attached hydrogens (primary N) is 1. The molecule has 1 saturated heterocycles. The molecule has 1 amide bonds. The van der Waals surface area contributed by atoms with Gasteiger partial charge in [0.1, 0.15) is 6.04 Å². The summed E-state index contributed by atoms with van der Waals surface area (Å²) in [5.74, 6) is -0.258. The molecule has 0 bridgehead atoms. The van der Waals surface area contributed by atoms with Crippen LogP contribution < -0.4 is 11.1 Å². The summed E-state index contributed by atoms with van der Waals surface area (Å²) in [4.78, 5) is 11.9. The summed E-state index contributed by atoms with van der Waals surface area (Å²) in [6.07, 6.45) is 1.17. The van der Waals surface area contributed by atoms with Gasteiger partial charge < -0.3 is 15.8 Å². The van der Waals surface area contributed by atoms with Crippen LogP contribution in [0.3, 0.4) is 0 Å². The van der Waals surface area contributed by atoms with Crippen molar-refractivity contribution in [3.63, 3.8) is 0 Å². The SMILES string of the molecule is COCC(N)C(=O)NC1CCN(S(=O)(=O)Cc2ccccc2)CC1. The Kier molecular flexibility index (Phi) is 6.73. The largest absolute Gasteiger partial charge is 0.383 e. The molecule has 0 spiro atoms. The van der Waals surface area contributed by atoms with E-state index in [1.807, 2.05) is 30.3 Å². The fourth-order valence-corrected chi connectivity index (χ4v) is 4.28. The zero-order valence-electron chi connectivity index (χ0n) is 13.8. The van der Waals surface area contributed by atoms with E-state index in [1.54, 1.807) is 0 Å². The predicted octanol–water partition coefficient (Wildman–Crippen LogP) is 0.0707. The lowest BCUT2D eigenvalue weighted by Crippen LogP contribution is -2.51. The van der Waals surface area contributed by atoms with E-state index in [4.69, 9.17) is 10.5 Å². The molecule has 0 saturated carbocycles. The Bertz CT molecular complexity index is 628. The third-order valence-electron chi connectivity index (χ3n) is 4.07. The van der Waals surface area contributed by atoms with E-state index in [-0.39, 0.29) is 24.3 Å². The van der Waals surface area contributed by atoms with Gasteiger partial charge in [0.15, 0.2) is 0 Å². The summed E-state index contributed by atoms with van der Waals surface area (Å²) >= 11 is 0. The van der Waals surface area contributed by atoms with Crippen LogP contribution >= 0.6 is 0 Å². The molecule has 0 aromatic heterocycles. The summed E-state index contributed by atoms with van der Waals surface area (Å²) in [5.41, 5.74) is 6.46. The van der Waals surface area contributed by atoms with E-state index in [9.17, 15) is 13.2 Å². The maximum absolute atomic E-state index is 12.5. The van der Waals surface area contributed by atoms with Crippen LogP contribution in [0.25, 0.3) is 0 Å². The van der Waals surface area contributed by atoms with Gasteiger partial charge in [0.2, 0.25) is 15.9 Å². The highest BCUT2D eigenvalue weighted by Gasteiger charge is 2.29. The Morgan fingerprint density at radius 3 is 2.54 bits per heavy atom. The van der Waals surface area contributed by atoms with Crippen molar-refractivity contribution in [3.05, 3.63) is 35.9 Å². The normalized spacial score (nSPS) is 18.2. The Labute approximate surface area is 143 Å². The number of nitrogens with one attached hydrogen (secondary N) is 1. The zero-order chi connectivity index (χ0) is 17.6. The lowest BCUT2D eigenvalue weighted by atomic mass is 10.1. The summed E-state index contributed by atoms with van der Waals surface area (Å²) in [6, 6.07) is 8.38. The first kappa shape index (κ1) is 18.9. The molecule has 1 aromatic rings. The van der Waals surface area contributed by atoms with Crippen molar-refractivity contribution in [2.45, 2.75) is 30.7 Å². The zero-order valence-corrected chi connectivity index (χ0v) is 14.7. The lowest BCUT2D eigenvalue weighted by molar-refractivity contribution is -0.124. The standard InChI is InChI=1S/C16H25N3O4S/c1-23-11-15(17)16(20)18-14-7-9-19(10-8-14)24(21,22)12-13-5-3-2-4-6-13/h2-6,14-15H,7-12,17H2,1H3,(H,18,20). The van der Waals surface area contributed by atoms with Gasteiger partial charge in [0.05, 0.1) is 12.4 Å². The summed E-state index contributed by atoms with van der Waals surface area (Å²) < 4.78 is 31.3. The third-order valence-corrected chi connectivity index (χ3v) is 5.92. The molecule has 2 rings (SSSR count). The predicted molar refractivity (Wildman–Crippen MR) is 91.7 cm³/mol. The van der Waals surface area contributed by atoms with Gasteiger partial charge in [-0.3, -0.25) is 4.79 Å². The first-order valence-corrected chi connectivity index (χ1v) is 9.60. The number of benzene rings is 1. The maximum Gasteiger partial charge on any atom is 0.239 e. The lowest BCUT2D eigenvalue weighted by Gasteiger charge is -2.32. The average molecular weight is 355 g/mol. The molecule has 0 aliphatic carbocycles. The number of rotatable bonds is 7. The van der Waals surface area contributed by atoms with Crippen LogP contribution in [-0.2, 0) is 25.3 Å². The highest BCUT2D eigenvalue weighted by Crippen LogP contribution is 2.17. The second-order valence-corrected chi connectivity index (χ2v) is 7.95. The molecular weight excluding hydrogens is 330 g/mol. The van der Waals surface area contributed by atoms with Gasteiger partial charge in [0, 0.05) is 26.2 Å². The number of sulfonamides is 1. The molecule has 1 heterocycles. The van der Waals surface area contributed by atoms with Gasteiger partial charge in [-0.25, -0.2) is 12.7 Å². The number of carbonyl (C=O) groups is 1. The molecule has 1 unspecified atom stereocenters. The van der Waals surface area contributed by atoms with Gasteiger partial charge in [-0.2, -0.15) is 0 Å². The van der Waals surface area contributed by atoms with E-state index < -0.39 is 16.1 Å². The molecule has 1 atom stereocenters.